The fourth-order valence-electron chi connectivity index (χ4n) is 2.90. The summed E-state index contributed by atoms with van der Waals surface area (Å²) in [7, 11) is 3.19. The average Bonchev–Trinajstić information content (AvgIpc) is 2.64. The summed E-state index contributed by atoms with van der Waals surface area (Å²) in [6, 6.07) is 5.88. The van der Waals surface area contributed by atoms with Crippen LogP contribution in [0.1, 0.15) is 24.3 Å². The molecule has 1 aliphatic rings. The maximum atomic E-state index is 11.7. The molecule has 1 heterocycles. The molecule has 0 radical (unpaired) electrons. The first-order valence-electron chi connectivity index (χ1n) is 6.37. The number of aromatic amines is 1. The molecule has 3 rings (SSSR count). The minimum atomic E-state index is -0.133. The van der Waals surface area contributed by atoms with Gasteiger partial charge in [-0.05, 0) is 30.4 Å². The molecule has 0 atom stereocenters. The number of esters is 1. The van der Waals surface area contributed by atoms with Gasteiger partial charge in [-0.1, -0.05) is 12.1 Å². The van der Waals surface area contributed by atoms with Crippen molar-refractivity contribution in [1.29, 1.82) is 0 Å². The predicted octanol–water partition coefficient (Wildman–Crippen LogP) is 1.53. The summed E-state index contributed by atoms with van der Waals surface area (Å²) in [5.74, 6) is 0.196. The second-order valence-corrected chi connectivity index (χ2v) is 5.12. The van der Waals surface area contributed by atoms with Gasteiger partial charge in [0.1, 0.15) is 0 Å². The molecule has 0 bridgehead atoms. The number of methoxy groups -OCH3 is 1. The number of para-hydroxylation sites is 1. The zero-order chi connectivity index (χ0) is 13.6. The molecule has 19 heavy (non-hydrogen) atoms. The van der Waals surface area contributed by atoms with E-state index in [1.54, 1.807) is 11.6 Å². The summed E-state index contributed by atoms with van der Waals surface area (Å²) in [6.07, 6.45) is 1.59. The number of nitrogens with one attached hydrogen (secondary N) is 1. The minimum Gasteiger partial charge on any atom is -0.469 e. The Bertz CT molecular complexity index is 692. The molecule has 100 valence electrons. The van der Waals surface area contributed by atoms with Crippen LogP contribution in [0, 0.1) is 5.92 Å². The number of fused-ring (bicyclic) bond motifs is 1. The van der Waals surface area contributed by atoms with Crippen LogP contribution in [0.4, 0.5) is 0 Å². The van der Waals surface area contributed by atoms with Gasteiger partial charge in [0.2, 0.25) is 0 Å². The lowest BCUT2D eigenvalue weighted by molar-refractivity contribution is -0.148. The number of imidazole rings is 1. The Hall–Kier alpha value is -2.04. The van der Waals surface area contributed by atoms with E-state index in [0.717, 1.165) is 29.4 Å². The first kappa shape index (κ1) is 12.0. The van der Waals surface area contributed by atoms with Crippen molar-refractivity contribution in [1.82, 2.24) is 9.55 Å². The van der Waals surface area contributed by atoms with Crippen LogP contribution in [-0.4, -0.2) is 22.6 Å². The molecule has 0 spiro atoms. The smallest absolute Gasteiger partial charge is 0.326 e. The molecule has 1 aliphatic carbocycles. The summed E-state index contributed by atoms with van der Waals surface area (Å²) in [6.45, 7) is 0. The van der Waals surface area contributed by atoms with Crippen molar-refractivity contribution in [3.63, 3.8) is 0 Å². The van der Waals surface area contributed by atoms with E-state index < -0.39 is 0 Å². The largest absolute Gasteiger partial charge is 0.469 e. The SMILES string of the molecule is COC(=O)C1CC(c2cccc3[nH]c(=O)n(C)c23)C1. The number of aromatic nitrogens is 2. The molecule has 1 aromatic carbocycles. The Morgan fingerprint density at radius 1 is 1.42 bits per heavy atom. The van der Waals surface area contributed by atoms with Gasteiger partial charge in [0.05, 0.1) is 24.1 Å². The molecule has 5 nitrogen and oxygen atoms in total. The van der Waals surface area contributed by atoms with Crippen molar-refractivity contribution in [3.8, 4) is 0 Å². The van der Waals surface area contributed by atoms with E-state index >= 15 is 0 Å². The normalized spacial score (nSPS) is 22.2. The van der Waals surface area contributed by atoms with Gasteiger partial charge in [-0.2, -0.15) is 0 Å². The Kier molecular flexibility index (Phi) is 2.69. The predicted molar refractivity (Wildman–Crippen MR) is 71.0 cm³/mol. The summed E-state index contributed by atoms with van der Waals surface area (Å²) in [4.78, 5) is 25.9. The molecule has 0 saturated heterocycles. The quantitative estimate of drug-likeness (QED) is 0.833. The van der Waals surface area contributed by atoms with Crippen LogP contribution in [0.25, 0.3) is 11.0 Å². The van der Waals surface area contributed by atoms with E-state index in [-0.39, 0.29) is 17.6 Å². The molecule has 1 aromatic heterocycles. The number of aryl methyl sites for hydroxylation is 1. The number of hydrogen-bond acceptors (Lipinski definition) is 3. The lowest BCUT2D eigenvalue weighted by Crippen LogP contribution is -2.30. The number of rotatable bonds is 2. The van der Waals surface area contributed by atoms with Gasteiger partial charge in [0.15, 0.2) is 0 Å². The number of carbonyl (C=O) groups is 1. The average molecular weight is 260 g/mol. The lowest BCUT2D eigenvalue weighted by Gasteiger charge is -2.33. The van der Waals surface area contributed by atoms with Crippen LogP contribution in [0.3, 0.4) is 0 Å². The third-order valence-corrected chi connectivity index (χ3v) is 4.06. The van der Waals surface area contributed by atoms with Gasteiger partial charge in [0.25, 0.3) is 0 Å². The van der Waals surface area contributed by atoms with Crippen molar-refractivity contribution in [2.45, 2.75) is 18.8 Å². The maximum absolute atomic E-state index is 11.7. The van der Waals surface area contributed by atoms with Crippen LogP contribution >= 0.6 is 0 Å². The zero-order valence-corrected chi connectivity index (χ0v) is 11.0. The van der Waals surface area contributed by atoms with E-state index in [9.17, 15) is 9.59 Å². The Morgan fingerprint density at radius 2 is 2.16 bits per heavy atom. The van der Waals surface area contributed by atoms with Crippen molar-refractivity contribution in [3.05, 3.63) is 34.2 Å². The maximum Gasteiger partial charge on any atom is 0.326 e. The molecule has 5 heteroatoms. The second kappa shape index (κ2) is 4.26. The molecule has 0 unspecified atom stereocenters. The van der Waals surface area contributed by atoms with Crippen molar-refractivity contribution in [2.24, 2.45) is 13.0 Å². The first-order valence-corrected chi connectivity index (χ1v) is 6.37. The summed E-state index contributed by atoms with van der Waals surface area (Å²) in [5.41, 5.74) is 2.83. The van der Waals surface area contributed by atoms with Gasteiger partial charge in [-0.25, -0.2) is 4.79 Å². The van der Waals surface area contributed by atoms with E-state index in [1.807, 2.05) is 18.2 Å². The molecule has 1 fully saturated rings. The van der Waals surface area contributed by atoms with Crippen LogP contribution in [0.15, 0.2) is 23.0 Å². The third kappa shape index (κ3) is 1.77. The molecule has 0 amide bonds. The molecular formula is C14H16N2O3. The van der Waals surface area contributed by atoms with Gasteiger partial charge >= 0.3 is 11.7 Å². The second-order valence-electron chi connectivity index (χ2n) is 5.12. The van der Waals surface area contributed by atoms with Crippen LogP contribution in [0.5, 0.6) is 0 Å². The summed E-state index contributed by atoms with van der Waals surface area (Å²) in [5, 5.41) is 0. The highest BCUT2D eigenvalue weighted by Crippen LogP contribution is 2.43. The number of H-pyrrole nitrogens is 1. The van der Waals surface area contributed by atoms with E-state index in [2.05, 4.69) is 4.98 Å². The zero-order valence-electron chi connectivity index (χ0n) is 11.0. The molecular weight excluding hydrogens is 244 g/mol. The van der Waals surface area contributed by atoms with E-state index in [4.69, 9.17) is 4.74 Å². The number of ether oxygens (including phenoxy) is 1. The fraction of sp³-hybridized carbons (Fsp3) is 0.429. The highest BCUT2D eigenvalue weighted by Gasteiger charge is 2.37. The molecule has 0 aliphatic heterocycles. The Labute approximate surface area is 110 Å². The van der Waals surface area contributed by atoms with Crippen molar-refractivity contribution in [2.75, 3.05) is 7.11 Å². The molecule has 1 N–H and O–H groups in total. The molecule has 1 saturated carbocycles. The van der Waals surface area contributed by atoms with E-state index in [0.29, 0.717) is 5.92 Å². The van der Waals surface area contributed by atoms with Gasteiger partial charge in [0, 0.05) is 7.05 Å². The van der Waals surface area contributed by atoms with Gasteiger partial charge in [-0.15, -0.1) is 0 Å². The number of benzene rings is 1. The third-order valence-electron chi connectivity index (χ3n) is 4.06. The summed E-state index contributed by atoms with van der Waals surface area (Å²) >= 11 is 0. The Morgan fingerprint density at radius 3 is 2.84 bits per heavy atom. The monoisotopic (exact) mass is 260 g/mol. The highest BCUT2D eigenvalue weighted by molar-refractivity contribution is 5.81. The highest BCUT2D eigenvalue weighted by atomic mass is 16.5. The number of hydrogen-bond donors (Lipinski definition) is 1. The molecule has 2 aromatic rings. The lowest BCUT2D eigenvalue weighted by atomic mass is 9.71. The van der Waals surface area contributed by atoms with Crippen molar-refractivity contribution < 1.29 is 9.53 Å². The summed E-state index contributed by atoms with van der Waals surface area (Å²) < 4.78 is 6.39. The van der Waals surface area contributed by atoms with Crippen LogP contribution in [-0.2, 0) is 16.6 Å². The standard InChI is InChI=1S/C14H16N2O3/c1-16-12-10(4-3-5-11(12)15-14(16)18)8-6-9(7-8)13(17)19-2/h3-5,8-9H,6-7H2,1-2H3,(H,15,18). The van der Waals surface area contributed by atoms with Crippen molar-refractivity contribution >= 4 is 17.0 Å². The van der Waals surface area contributed by atoms with E-state index in [1.165, 1.54) is 7.11 Å². The first-order chi connectivity index (χ1) is 9.11. The topological polar surface area (TPSA) is 64.1 Å². The number of nitrogens with zero attached hydrogens (tertiary/aromatic N) is 1. The number of carbonyl (C=O) groups excluding carboxylic acids is 1. The van der Waals surface area contributed by atoms with Crippen LogP contribution < -0.4 is 5.69 Å². The van der Waals surface area contributed by atoms with Crippen LogP contribution in [0.2, 0.25) is 0 Å². The Balaban J connectivity index is 1.95. The van der Waals surface area contributed by atoms with Gasteiger partial charge in [-0.3, -0.25) is 9.36 Å². The minimum absolute atomic E-state index is 0.00114. The fourth-order valence-corrected chi connectivity index (χ4v) is 2.90. The van der Waals surface area contributed by atoms with Gasteiger partial charge < -0.3 is 9.72 Å².